The molecule has 0 atom stereocenters. The van der Waals surface area contributed by atoms with Crippen LogP contribution < -0.4 is 10.0 Å². The number of nitrogens with one attached hydrogen (secondary N) is 3. The Morgan fingerprint density at radius 2 is 1.95 bits per heavy atom. The van der Waals surface area contributed by atoms with Gasteiger partial charge in [-0.25, -0.2) is 13.1 Å². The molecule has 1 aromatic carbocycles. The van der Waals surface area contributed by atoms with Gasteiger partial charge < -0.3 is 5.32 Å². The van der Waals surface area contributed by atoms with E-state index in [0.29, 0.717) is 11.4 Å². The van der Waals surface area contributed by atoms with Crippen LogP contribution in [0.2, 0.25) is 0 Å². The first-order chi connectivity index (χ1) is 9.54. The molecule has 20 heavy (non-hydrogen) atoms. The number of H-pyrrole nitrogens is 1. The van der Waals surface area contributed by atoms with Crippen LogP contribution in [-0.2, 0) is 23.1 Å². The summed E-state index contributed by atoms with van der Waals surface area (Å²) in [5.41, 5.74) is 2.43. The van der Waals surface area contributed by atoms with Gasteiger partial charge >= 0.3 is 0 Å². The van der Waals surface area contributed by atoms with E-state index >= 15 is 0 Å². The molecular weight excluding hydrogens is 276 g/mol. The summed E-state index contributed by atoms with van der Waals surface area (Å²) < 4.78 is 27.3. The Balaban J connectivity index is 2.20. The molecule has 0 saturated heterocycles. The molecule has 108 valence electrons. The third kappa shape index (κ3) is 3.24. The van der Waals surface area contributed by atoms with Crippen LogP contribution in [-0.4, -0.2) is 25.7 Å². The Morgan fingerprint density at radius 1 is 1.20 bits per heavy atom. The van der Waals surface area contributed by atoms with E-state index in [-0.39, 0.29) is 6.54 Å². The zero-order chi connectivity index (χ0) is 14.6. The molecular formula is C13H18N4O2S. The lowest BCUT2D eigenvalue weighted by Crippen LogP contribution is -2.25. The maximum absolute atomic E-state index is 12.4. The van der Waals surface area contributed by atoms with Crippen LogP contribution in [0, 0.1) is 6.92 Å². The van der Waals surface area contributed by atoms with Crippen molar-refractivity contribution in [3.63, 3.8) is 0 Å². The van der Waals surface area contributed by atoms with Crippen LogP contribution >= 0.6 is 0 Å². The van der Waals surface area contributed by atoms with Crippen molar-refractivity contribution >= 4 is 10.0 Å². The average Bonchev–Trinajstić information content (AvgIpc) is 2.83. The van der Waals surface area contributed by atoms with Crippen molar-refractivity contribution in [1.82, 2.24) is 20.2 Å². The summed E-state index contributed by atoms with van der Waals surface area (Å²) >= 11 is 0. The van der Waals surface area contributed by atoms with Gasteiger partial charge in [-0.2, -0.15) is 5.10 Å². The van der Waals surface area contributed by atoms with Gasteiger partial charge in [0, 0.05) is 24.3 Å². The molecule has 2 rings (SSSR count). The van der Waals surface area contributed by atoms with Crippen molar-refractivity contribution in [2.75, 3.05) is 7.05 Å². The van der Waals surface area contributed by atoms with Crippen molar-refractivity contribution in [3.05, 3.63) is 47.3 Å². The van der Waals surface area contributed by atoms with E-state index in [9.17, 15) is 8.42 Å². The minimum Gasteiger partial charge on any atom is -0.316 e. The van der Waals surface area contributed by atoms with Gasteiger partial charge in [-0.15, -0.1) is 0 Å². The van der Waals surface area contributed by atoms with E-state index < -0.39 is 10.0 Å². The predicted octanol–water partition coefficient (Wildman–Crippen LogP) is 0.916. The monoisotopic (exact) mass is 294 g/mol. The normalized spacial score (nSPS) is 11.7. The topological polar surface area (TPSA) is 86.9 Å². The zero-order valence-electron chi connectivity index (χ0n) is 11.5. The molecule has 1 heterocycles. The van der Waals surface area contributed by atoms with Gasteiger partial charge in [-0.1, -0.05) is 18.2 Å². The highest BCUT2D eigenvalue weighted by Gasteiger charge is 2.17. The molecule has 7 heteroatoms. The second kappa shape index (κ2) is 6.17. The predicted molar refractivity (Wildman–Crippen MR) is 76.6 cm³/mol. The fraction of sp³-hybridized carbons (Fsp3) is 0.308. The molecule has 6 nitrogen and oxygen atoms in total. The number of benzene rings is 1. The number of aromatic nitrogens is 2. The Hall–Kier alpha value is -1.70. The number of aromatic amines is 1. The number of hydrogen-bond donors (Lipinski definition) is 3. The maximum Gasteiger partial charge on any atom is 0.241 e. The first-order valence-corrected chi connectivity index (χ1v) is 7.74. The third-order valence-corrected chi connectivity index (χ3v) is 4.52. The minimum atomic E-state index is -3.54. The minimum absolute atomic E-state index is 0.221. The number of nitrogens with zero attached hydrogens (tertiary/aromatic N) is 1. The zero-order valence-corrected chi connectivity index (χ0v) is 12.3. The highest BCUT2D eigenvalue weighted by Crippen LogP contribution is 2.15. The molecule has 0 fully saturated rings. The largest absolute Gasteiger partial charge is 0.316 e. The Bertz CT molecular complexity index is 679. The van der Waals surface area contributed by atoms with Crippen LogP contribution in [0.4, 0.5) is 0 Å². The Morgan fingerprint density at radius 3 is 2.60 bits per heavy atom. The summed E-state index contributed by atoms with van der Waals surface area (Å²) in [5.74, 6) is 0. The van der Waals surface area contributed by atoms with Gasteiger partial charge in [0.05, 0.1) is 11.1 Å². The van der Waals surface area contributed by atoms with Gasteiger partial charge in [0.25, 0.3) is 0 Å². The van der Waals surface area contributed by atoms with Crippen LogP contribution in [0.3, 0.4) is 0 Å². The molecule has 0 aliphatic carbocycles. The lowest BCUT2D eigenvalue weighted by Gasteiger charge is -2.11. The van der Waals surface area contributed by atoms with Gasteiger partial charge in [-0.3, -0.25) is 5.10 Å². The quantitative estimate of drug-likeness (QED) is 0.739. The van der Waals surface area contributed by atoms with Crippen molar-refractivity contribution in [1.29, 1.82) is 0 Å². The maximum atomic E-state index is 12.4. The third-order valence-electron chi connectivity index (χ3n) is 3.02. The standard InChI is InChI=1S/C13H18N4O2S/c1-10-12(8-15-17-10)9-16-20(18,19)13-6-4-3-5-11(13)7-14-2/h3-6,8,14,16H,7,9H2,1-2H3,(H,15,17). The first kappa shape index (κ1) is 14.7. The fourth-order valence-electron chi connectivity index (χ4n) is 1.91. The smallest absolute Gasteiger partial charge is 0.241 e. The number of rotatable bonds is 6. The summed E-state index contributed by atoms with van der Waals surface area (Å²) in [6.45, 7) is 2.58. The van der Waals surface area contributed by atoms with E-state index in [0.717, 1.165) is 16.8 Å². The second-order valence-corrected chi connectivity index (χ2v) is 6.22. The molecule has 0 saturated carbocycles. The molecule has 0 radical (unpaired) electrons. The highest BCUT2D eigenvalue weighted by atomic mass is 32.2. The molecule has 0 unspecified atom stereocenters. The number of hydrogen-bond acceptors (Lipinski definition) is 4. The molecule has 0 aliphatic heterocycles. The highest BCUT2D eigenvalue weighted by molar-refractivity contribution is 7.89. The van der Waals surface area contributed by atoms with Crippen molar-refractivity contribution < 1.29 is 8.42 Å². The van der Waals surface area contributed by atoms with Gasteiger partial charge in [-0.05, 0) is 25.6 Å². The van der Waals surface area contributed by atoms with Crippen molar-refractivity contribution in [3.8, 4) is 0 Å². The summed E-state index contributed by atoms with van der Waals surface area (Å²) in [6.07, 6.45) is 1.62. The fourth-order valence-corrected chi connectivity index (χ4v) is 3.15. The molecule has 0 spiro atoms. The second-order valence-electron chi connectivity index (χ2n) is 4.48. The lowest BCUT2D eigenvalue weighted by molar-refractivity contribution is 0.579. The van der Waals surface area contributed by atoms with E-state index in [1.165, 1.54) is 0 Å². The number of sulfonamides is 1. The summed E-state index contributed by atoms with van der Waals surface area (Å²) in [6, 6.07) is 6.95. The Labute approximate surface area is 118 Å². The van der Waals surface area contributed by atoms with E-state index in [1.807, 2.05) is 13.0 Å². The average molecular weight is 294 g/mol. The van der Waals surface area contributed by atoms with E-state index in [4.69, 9.17) is 0 Å². The van der Waals surface area contributed by atoms with Crippen LogP contribution in [0.25, 0.3) is 0 Å². The SMILES string of the molecule is CNCc1ccccc1S(=O)(=O)NCc1cn[nH]c1C. The summed E-state index contributed by atoms with van der Waals surface area (Å²) in [7, 11) is -1.75. The molecule has 0 aliphatic rings. The number of aryl methyl sites for hydroxylation is 1. The van der Waals surface area contributed by atoms with Crippen LogP contribution in [0.5, 0.6) is 0 Å². The van der Waals surface area contributed by atoms with Crippen molar-refractivity contribution in [2.24, 2.45) is 0 Å². The molecule has 0 amide bonds. The van der Waals surface area contributed by atoms with Crippen LogP contribution in [0.1, 0.15) is 16.8 Å². The molecule has 2 aromatic rings. The van der Waals surface area contributed by atoms with Crippen molar-refractivity contribution in [2.45, 2.75) is 24.9 Å². The van der Waals surface area contributed by atoms with E-state index in [1.54, 1.807) is 31.4 Å². The van der Waals surface area contributed by atoms with Crippen LogP contribution in [0.15, 0.2) is 35.4 Å². The van der Waals surface area contributed by atoms with Gasteiger partial charge in [0.2, 0.25) is 10.0 Å². The summed E-state index contributed by atoms with van der Waals surface area (Å²) in [5, 5.41) is 9.62. The van der Waals surface area contributed by atoms with Gasteiger partial charge in [0.1, 0.15) is 0 Å². The first-order valence-electron chi connectivity index (χ1n) is 6.25. The molecule has 3 N–H and O–H groups in total. The Kier molecular flexibility index (Phi) is 4.53. The van der Waals surface area contributed by atoms with Gasteiger partial charge in [0.15, 0.2) is 0 Å². The molecule has 1 aromatic heterocycles. The lowest BCUT2D eigenvalue weighted by atomic mass is 10.2. The summed E-state index contributed by atoms with van der Waals surface area (Å²) in [4.78, 5) is 0.301. The van der Waals surface area contributed by atoms with E-state index in [2.05, 4.69) is 20.2 Å². The molecule has 0 bridgehead atoms.